The lowest BCUT2D eigenvalue weighted by molar-refractivity contribution is 0.568. The molecule has 1 aliphatic heterocycles. The van der Waals surface area contributed by atoms with Crippen LogP contribution in [-0.4, -0.2) is 35.1 Å². The van der Waals surface area contributed by atoms with Gasteiger partial charge in [0.05, 0.1) is 0 Å². The Bertz CT molecular complexity index is 625. The molecule has 2 aromatic rings. The second kappa shape index (κ2) is 6.03. The van der Waals surface area contributed by atoms with E-state index in [1.807, 2.05) is 0 Å². The number of halogens is 1. The van der Waals surface area contributed by atoms with Gasteiger partial charge in [0.2, 0.25) is 11.9 Å². The van der Waals surface area contributed by atoms with Crippen molar-refractivity contribution < 1.29 is 4.39 Å². The molecule has 0 aliphatic carbocycles. The first-order valence-electron chi connectivity index (χ1n) is 7.21. The van der Waals surface area contributed by atoms with Crippen LogP contribution >= 0.6 is 0 Å². The summed E-state index contributed by atoms with van der Waals surface area (Å²) < 4.78 is 13.4. The Hall–Kier alpha value is -2.24. The Labute approximate surface area is 123 Å². The van der Waals surface area contributed by atoms with Gasteiger partial charge in [-0.3, -0.25) is 0 Å². The van der Waals surface area contributed by atoms with Gasteiger partial charge in [0, 0.05) is 25.7 Å². The van der Waals surface area contributed by atoms with Gasteiger partial charge in [-0.25, -0.2) is 4.39 Å². The molecule has 0 saturated carbocycles. The third-order valence-electron chi connectivity index (χ3n) is 3.57. The smallest absolute Gasteiger partial charge is 0.230 e. The molecule has 3 rings (SSSR count). The van der Waals surface area contributed by atoms with E-state index in [9.17, 15) is 4.39 Å². The Morgan fingerprint density at radius 3 is 2.62 bits per heavy atom. The lowest BCUT2D eigenvalue weighted by Gasteiger charge is -2.26. The number of rotatable bonds is 3. The normalized spacial score (nSPS) is 15.0. The van der Waals surface area contributed by atoms with Crippen molar-refractivity contribution in [1.82, 2.24) is 15.0 Å². The van der Waals surface area contributed by atoms with Crippen molar-refractivity contribution in [3.8, 4) is 11.4 Å². The Morgan fingerprint density at radius 2 is 1.90 bits per heavy atom. The topological polar surface area (TPSA) is 53.9 Å². The first kappa shape index (κ1) is 13.7. The highest BCUT2D eigenvalue weighted by atomic mass is 19.1. The molecule has 21 heavy (non-hydrogen) atoms. The van der Waals surface area contributed by atoms with Crippen LogP contribution in [0, 0.1) is 5.82 Å². The highest BCUT2D eigenvalue weighted by Gasteiger charge is 2.16. The molecule has 1 aromatic carbocycles. The predicted octanol–water partition coefficient (Wildman–Crippen LogP) is 2.71. The minimum atomic E-state index is -0.293. The molecule has 2 heterocycles. The lowest BCUT2D eigenvalue weighted by Crippen LogP contribution is -2.31. The lowest BCUT2D eigenvalue weighted by atomic mass is 10.1. The number of hydrogen-bond donors (Lipinski definition) is 1. The second-order valence-electron chi connectivity index (χ2n) is 5.09. The third-order valence-corrected chi connectivity index (χ3v) is 3.57. The third kappa shape index (κ3) is 3.09. The number of aromatic nitrogens is 3. The average molecular weight is 287 g/mol. The molecule has 1 aliphatic rings. The molecule has 1 aromatic heterocycles. The maximum absolute atomic E-state index is 13.4. The quantitative estimate of drug-likeness (QED) is 0.940. The minimum Gasteiger partial charge on any atom is -0.357 e. The van der Waals surface area contributed by atoms with E-state index >= 15 is 0 Å². The van der Waals surface area contributed by atoms with Crippen molar-refractivity contribution in [1.29, 1.82) is 0 Å². The molecule has 0 amide bonds. The number of nitrogens with one attached hydrogen (secondary N) is 1. The van der Waals surface area contributed by atoms with E-state index in [0.29, 0.717) is 23.3 Å². The van der Waals surface area contributed by atoms with E-state index in [0.717, 1.165) is 25.9 Å². The summed E-state index contributed by atoms with van der Waals surface area (Å²) in [6.07, 6.45) is 3.54. The van der Waals surface area contributed by atoms with Gasteiger partial charge >= 0.3 is 0 Å². The minimum absolute atomic E-state index is 0.293. The summed E-state index contributed by atoms with van der Waals surface area (Å²) in [6.45, 7) is 1.91. The predicted molar refractivity (Wildman–Crippen MR) is 80.8 cm³/mol. The van der Waals surface area contributed by atoms with Crippen molar-refractivity contribution in [3.63, 3.8) is 0 Å². The monoisotopic (exact) mass is 287 g/mol. The molecular weight excluding hydrogens is 269 g/mol. The van der Waals surface area contributed by atoms with Crippen LogP contribution in [0.4, 0.5) is 16.3 Å². The summed E-state index contributed by atoms with van der Waals surface area (Å²) in [6, 6.07) is 6.32. The van der Waals surface area contributed by atoms with E-state index in [1.54, 1.807) is 19.2 Å². The molecule has 1 N–H and O–H groups in total. The summed E-state index contributed by atoms with van der Waals surface area (Å²) in [7, 11) is 1.77. The summed E-state index contributed by atoms with van der Waals surface area (Å²) in [5, 5.41) is 2.95. The van der Waals surface area contributed by atoms with Crippen LogP contribution in [0.25, 0.3) is 11.4 Å². The Kier molecular flexibility index (Phi) is 3.94. The molecule has 1 fully saturated rings. The molecule has 0 radical (unpaired) electrons. The fraction of sp³-hybridized carbons (Fsp3) is 0.400. The number of piperidine rings is 1. The van der Waals surface area contributed by atoms with Gasteiger partial charge in [0.1, 0.15) is 5.82 Å². The molecular formula is C15H18FN5. The van der Waals surface area contributed by atoms with E-state index in [2.05, 4.69) is 25.2 Å². The van der Waals surface area contributed by atoms with Crippen molar-refractivity contribution in [2.45, 2.75) is 19.3 Å². The number of anilines is 2. The molecule has 0 atom stereocenters. The zero-order valence-corrected chi connectivity index (χ0v) is 12.0. The fourth-order valence-corrected chi connectivity index (χ4v) is 2.47. The summed E-state index contributed by atoms with van der Waals surface area (Å²) in [5.41, 5.74) is 0.659. The van der Waals surface area contributed by atoms with Crippen LogP contribution in [0.15, 0.2) is 24.3 Å². The molecule has 110 valence electrons. The van der Waals surface area contributed by atoms with E-state index < -0.39 is 0 Å². The largest absolute Gasteiger partial charge is 0.357 e. The van der Waals surface area contributed by atoms with E-state index in [4.69, 9.17) is 0 Å². The fourth-order valence-electron chi connectivity index (χ4n) is 2.47. The highest BCUT2D eigenvalue weighted by molar-refractivity contribution is 5.58. The zero-order chi connectivity index (χ0) is 14.7. The van der Waals surface area contributed by atoms with Crippen LogP contribution in [-0.2, 0) is 0 Å². The Balaban J connectivity index is 2.00. The van der Waals surface area contributed by atoms with Crippen LogP contribution in [0.5, 0.6) is 0 Å². The van der Waals surface area contributed by atoms with Gasteiger partial charge in [-0.1, -0.05) is 12.1 Å². The van der Waals surface area contributed by atoms with E-state index in [-0.39, 0.29) is 5.82 Å². The van der Waals surface area contributed by atoms with Crippen LogP contribution < -0.4 is 10.2 Å². The van der Waals surface area contributed by atoms with Gasteiger partial charge in [-0.15, -0.1) is 0 Å². The first-order valence-corrected chi connectivity index (χ1v) is 7.21. The van der Waals surface area contributed by atoms with Gasteiger partial charge in [0.25, 0.3) is 0 Å². The van der Waals surface area contributed by atoms with Crippen LogP contribution in [0.3, 0.4) is 0 Å². The first-order chi connectivity index (χ1) is 10.3. The van der Waals surface area contributed by atoms with E-state index in [1.165, 1.54) is 18.6 Å². The molecule has 0 unspecified atom stereocenters. The maximum Gasteiger partial charge on any atom is 0.230 e. The molecule has 0 spiro atoms. The Morgan fingerprint density at radius 1 is 1.10 bits per heavy atom. The molecule has 6 heteroatoms. The number of benzene rings is 1. The van der Waals surface area contributed by atoms with Gasteiger partial charge in [-0.2, -0.15) is 15.0 Å². The van der Waals surface area contributed by atoms with Crippen LogP contribution in [0.1, 0.15) is 19.3 Å². The maximum atomic E-state index is 13.4. The molecule has 5 nitrogen and oxygen atoms in total. The second-order valence-corrected chi connectivity index (χ2v) is 5.09. The van der Waals surface area contributed by atoms with Crippen LogP contribution in [0.2, 0.25) is 0 Å². The van der Waals surface area contributed by atoms with Crippen molar-refractivity contribution in [2.75, 3.05) is 30.4 Å². The number of nitrogens with zero attached hydrogens (tertiary/aromatic N) is 4. The van der Waals surface area contributed by atoms with Crippen molar-refractivity contribution in [3.05, 3.63) is 30.1 Å². The standard InChI is InChI=1S/C15H18FN5/c1-17-14-18-13(11-6-5-7-12(16)10-11)19-15(20-14)21-8-3-2-4-9-21/h5-7,10H,2-4,8-9H2,1H3,(H,17,18,19,20). The van der Waals surface area contributed by atoms with Gasteiger partial charge < -0.3 is 10.2 Å². The summed E-state index contributed by atoms with van der Waals surface area (Å²) >= 11 is 0. The molecule has 0 bridgehead atoms. The van der Waals surface area contributed by atoms with Gasteiger partial charge in [0.15, 0.2) is 5.82 Å². The summed E-state index contributed by atoms with van der Waals surface area (Å²) in [5.74, 6) is 1.37. The highest BCUT2D eigenvalue weighted by Crippen LogP contribution is 2.22. The SMILES string of the molecule is CNc1nc(-c2cccc(F)c2)nc(N2CCCCC2)n1. The number of hydrogen-bond acceptors (Lipinski definition) is 5. The van der Waals surface area contributed by atoms with Crippen molar-refractivity contribution >= 4 is 11.9 Å². The molecule has 1 saturated heterocycles. The van der Waals surface area contributed by atoms with Crippen molar-refractivity contribution in [2.24, 2.45) is 0 Å². The van der Waals surface area contributed by atoms with Gasteiger partial charge in [-0.05, 0) is 31.4 Å². The average Bonchev–Trinajstić information content (AvgIpc) is 2.55. The summed E-state index contributed by atoms with van der Waals surface area (Å²) in [4.78, 5) is 15.4. The zero-order valence-electron chi connectivity index (χ0n) is 12.0.